The molecule has 8 nitrogen and oxygen atoms in total. The number of carbonyl (C=O) groups excluding carboxylic acids is 2. The second kappa shape index (κ2) is 5.59. The molecule has 3 aromatic rings. The molecule has 0 bridgehead atoms. The van der Waals surface area contributed by atoms with Crippen LogP contribution in [0.4, 0.5) is 4.79 Å². The van der Waals surface area contributed by atoms with Gasteiger partial charge in [-0.2, -0.15) is 0 Å². The summed E-state index contributed by atoms with van der Waals surface area (Å²) in [5.74, 6) is 0.429. The van der Waals surface area contributed by atoms with E-state index in [0.717, 1.165) is 10.5 Å². The maximum absolute atomic E-state index is 12.7. The van der Waals surface area contributed by atoms with Crippen molar-refractivity contribution in [3.63, 3.8) is 0 Å². The van der Waals surface area contributed by atoms with E-state index in [0.29, 0.717) is 11.7 Å². The molecule has 1 fully saturated rings. The van der Waals surface area contributed by atoms with Crippen molar-refractivity contribution in [1.29, 1.82) is 0 Å². The quantitative estimate of drug-likeness (QED) is 0.732. The van der Waals surface area contributed by atoms with Crippen LogP contribution in [0.25, 0.3) is 11.5 Å². The highest BCUT2D eigenvalue weighted by Gasteiger charge is 2.51. The molecule has 4 rings (SSSR count). The topological polar surface area (TPSA) is 101 Å². The summed E-state index contributed by atoms with van der Waals surface area (Å²) >= 11 is 0. The van der Waals surface area contributed by atoms with Crippen molar-refractivity contribution >= 4 is 11.9 Å². The molecule has 3 heterocycles. The maximum Gasteiger partial charge on any atom is 0.325 e. The maximum atomic E-state index is 12.7. The van der Waals surface area contributed by atoms with E-state index >= 15 is 0 Å². The number of aromatic nitrogens is 2. The Kier molecular flexibility index (Phi) is 3.38. The molecule has 3 amide bonds. The Balaban J connectivity index is 1.56. The Labute approximate surface area is 142 Å². The minimum atomic E-state index is -1.25. The SMILES string of the molecule is CC1(c2ccco2)NC(=O)N(Cc2nnc(-c3ccccc3)o2)C1=O. The zero-order valence-corrected chi connectivity index (χ0v) is 13.3. The summed E-state index contributed by atoms with van der Waals surface area (Å²) in [6.07, 6.45) is 1.45. The summed E-state index contributed by atoms with van der Waals surface area (Å²) in [6.45, 7) is 1.48. The van der Waals surface area contributed by atoms with Crippen LogP contribution in [0, 0.1) is 0 Å². The fourth-order valence-corrected chi connectivity index (χ4v) is 2.72. The summed E-state index contributed by atoms with van der Waals surface area (Å²) in [5.41, 5.74) is -0.484. The number of imide groups is 1. The van der Waals surface area contributed by atoms with Gasteiger partial charge in [-0.05, 0) is 31.2 Å². The summed E-state index contributed by atoms with van der Waals surface area (Å²) in [7, 11) is 0. The van der Waals surface area contributed by atoms with E-state index in [1.54, 1.807) is 19.1 Å². The number of hydrogen-bond donors (Lipinski definition) is 1. The Bertz CT molecular complexity index is 919. The standard InChI is InChI=1S/C17H14N4O4/c1-17(12-8-5-9-24-12)15(22)21(16(23)18-17)10-13-19-20-14(25-13)11-6-3-2-4-7-11/h2-9H,10H2,1H3,(H,18,23). The third-order valence-electron chi connectivity index (χ3n) is 4.07. The lowest BCUT2D eigenvalue weighted by molar-refractivity contribution is -0.132. The van der Waals surface area contributed by atoms with E-state index in [9.17, 15) is 9.59 Å². The van der Waals surface area contributed by atoms with E-state index in [-0.39, 0.29) is 12.4 Å². The van der Waals surface area contributed by atoms with Gasteiger partial charge >= 0.3 is 6.03 Å². The Morgan fingerprint density at radius 1 is 1.12 bits per heavy atom. The molecule has 2 aromatic heterocycles. The van der Waals surface area contributed by atoms with Gasteiger partial charge in [-0.1, -0.05) is 18.2 Å². The van der Waals surface area contributed by atoms with E-state index in [4.69, 9.17) is 8.83 Å². The first-order chi connectivity index (χ1) is 12.1. The Hall–Kier alpha value is -3.42. The minimum absolute atomic E-state index is 0.110. The van der Waals surface area contributed by atoms with Gasteiger partial charge in [-0.15, -0.1) is 10.2 Å². The second-order valence-corrected chi connectivity index (χ2v) is 5.79. The van der Waals surface area contributed by atoms with Crippen molar-refractivity contribution in [3.05, 3.63) is 60.4 Å². The second-order valence-electron chi connectivity index (χ2n) is 5.79. The van der Waals surface area contributed by atoms with E-state index < -0.39 is 17.5 Å². The summed E-state index contributed by atoms with van der Waals surface area (Å²) in [6, 6.07) is 12.0. The predicted octanol–water partition coefficient (Wildman–Crippen LogP) is 2.30. The first-order valence-electron chi connectivity index (χ1n) is 7.64. The van der Waals surface area contributed by atoms with Gasteiger partial charge in [0.15, 0.2) is 5.54 Å². The zero-order valence-electron chi connectivity index (χ0n) is 13.3. The highest BCUT2D eigenvalue weighted by Crippen LogP contribution is 2.30. The number of nitrogens with one attached hydrogen (secondary N) is 1. The number of carbonyl (C=O) groups is 2. The van der Waals surface area contributed by atoms with E-state index in [1.807, 2.05) is 30.3 Å². The predicted molar refractivity (Wildman–Crippen MR) is 84.9 cm³/mol. The molecule has 1 aliphatic rings. The molecule has 0 radical (unpaired) electrons. The van der Waals surface area contributed by atoms with Crippen molar-refractivity contribution in [1.82, 2.24) is 20.4 Å². The van der Waals surface area contributed by atoms with Gasteiger partial charge in [0.1, 0.15) is 12.3 Å². The first-order valence-corrected chi connectivity index (χ1v) is 7.64. The van der Waals surface area contributed by atoms with Gasteiger partial charge in [0.05, 0.1) is 6.26 Å². The highest BCUT2D eigenvalue weighted by atomic mass is 16.4. The molecule has 1 unspecified atom stereocenters. The summed E-state index contributed by atoms with van der Waals surface area (Å²) in [4.78, 5) is 26.0. The van der Waals surface area contributed by atoms with Crippen LogP contribution in [-0.4, -0.2) is 27.0 Å². The molecular weight excluding hydrogens is 324 g/mol. The minimum Gasteiger partial charge on any atom is -0.466 e. The van der Waals surface area contributed by atoms with Crippen molar-refractivity contribution in [3.8, 4) is 11.5 Å². The number of hydrogen-bond acceptors (Lipinski definition) is 6. The van der Waals surface area contributed by atoms with Crippen LogP contribution in [0.3, 0.4) is 0 Å². The number of nitrogens with zero attached hydrogens (tertiary/aromatic N) is 3. The van der Waals surface area contributed by atoms with Crippen LogP contribution < -0.4 is 5.32 Å². The lowest BCUT2D eigenvalue weighted by Crippen LogP contribution is -2.40. The Morgan fingerprint density at radius 2 is 1.92 bits per heavy atom. The number of rotatable bonds is 4. The third-order valence-corrected chi connectivity index (χ3v) is 4.07. The summed E-state index contributed by atoms with van der Waals surface area (Å²) in [5, 5.41) is 10.5. The molecule has 1 saturated heterocycles. The van der Waals surface area contributed by atoms with E-state index in [2.05, 4.69) is 15.5 Å². The lowest BCUT2D eigenvalue weighted by Gasteiger charge is -2.18. The van der Waals surface area contributed by atoms with Crippen molar-refractivity contribution in [2.45, 2.75) is 19.0 Å². The largest absolute Gasteiger partial charge is 0.466 e. The van der Waals surface area contributed by atoms with E-state index in [1.165, 1.54) is 6.26 Å². The van der Waals surface area contributed by atoms with Crippen LogP contribution in [0.2, 0.25) is 0 Å². The number of benzene rings is 1. The fraction of sp³-hybridized carbons (Fsp3) is 0.176. The molecule has 0 saturated carbocycles. The molecule has 1 N–H and O–H groups in total. The van der Waals surface area contributed by atoms with Gasteiger partial charge in [-0.3, -0.25) is 9.69 Å². The van der Waals surface area contributed by atoms with Crippen molar-refractivity contribution < 1.29 is 18.4 Å². The van der Waals surface area contributed by atoms with Crippen LogP contribution in [0.1, 0.15) is 18.6 Å². The van der Waals surface area contributed by atoms with Crippen molar-refractivity contribution in [2.24, 2.45) is 0 Å². The molecule has 0 spiro atoms. The molecule has 1 aliphatic heterocycles. The van der Waals surface area contributed by atoms with Crippen molar-refractivity contribution in [2.75, 3.05) is 0 Å². The average molecular weight is 338 g/mol. The normalized spacial score (nSPS) is 20.1. The van der Waals surface area contributed by atoms with Gasteiger partial charge in [-0.25, -0.2) is 4.79 Å². The van der Waals surface area contributed by atoms with Gasteiger partial charge < -0.3 is 14.2 Å². The molecular formula is C17H14N4O4. The number of furan rings is 1. The van der Waals surface area contributed by atoms with Crippen LogP contribution >= 0.6 is 0 Å². The Morgan fingerprint density at radius 3 is 2.64 bits per heavy atom. The first kappa shape index (κ1) is 15.1. The van der Waals surface area contributed by atoms with Crippen LogP contribution in [-0.2, 0) is 16.9 Å². The smallest absolute Gasteiger partial charge is 0.325 e. The summed E-state index contributed by atoms with van der Waals surface area (Å²) < 4.78 is 10.9. The van der Waals surface area contributed by atoms with Gasteiger partial charge in [0.25, 0.3) is 5.91 Å². The average Bonchev–Trinajstić information content (AvgIpc) is 3.34. The molecule has 0 aliphatic carbocycles. The number of amides is 3. The van der Waals surface area contributed by atoms with Crippen LogP contribution in [0.5, 0.6) is 0 Å². The highest BCUT2D eigenvalue weighted by molar-refractivity contribution is 6.06. The molecule has 8 heteroatoms. The lowest BCUT2D eigenvalue weighted by atomic mass is 9.99. The molecule has 1 atom stereocenters. The fourth-order valence-electron chi connectivity index (χ4n) is 2.72. The monoisotopic (exact) mass is 338 g/mol. The zero-order chi connectivity index (χ0) is 17.4. The van der Waals surface area contributed by atoms with Gasteiger partial charge in [0.2, 0.25) is 11.8 Å². The molecule has 25 heavy (non-hydrogen) atoms. The molecule has 1 aromatic carbocycles. The van der Waals surface area contributed by atoms with Gasteiger partial charge in [0, 0.05) is 5.56 Å². The third kappa shape index (κ3) is 2.47. The number of urea groups is 1. The van der Waals surface area contributed by atoms with Crippen LogP contribution in [0.15, 0.2) is 57.6 Å². The molecule has 126 valence electrons.